The molecule has 0 saturated carbocycles. The topological polar surface area (TPSA) is 73.0 Å². The average Bonchev–Trinajstić information content (AvgIpc) is 3.42. The number of rotatable bonds is 4. The molecule has 4 aromatic rings. The predicted molar refractivity (Wildman–Crippen MR) is 109 cm³/mol. The van der Waals surface area contributed by atoms with E-state index in [4.69, 9.17) is 4.42 Å². The van der Waals surface area contributed by atoms with E-state index in [1.54, 1.807) is 48.8 Å². The van der Waals surface area contributed by atoms with Gasteiger partial charge in [-0.3, -0.25) is 9.78 Å². The summed E-state index contributed by atoms with van der Waals surface area (Å²) in [6.45, 7) is 0.319. The maximum Gasteiger partial charge on any atom is 0.435 e. The molecule has 1 aliphatic rings. The van der Waals surface area contributed by atoms with Gasteiger partial charge in [-0.1, -0.05) is 6.07 Å². The molecule has 1 aromatic carbocycles. The highest BCUT2D eigenvalue weighted by Gasteiger charge is 2.41. The standard InChI is InChI=1S/C23H17F3N4O2/c24-23(25,26)21-18-7-8-19-17(9-11-32-19)20(18)30(29-21)16-5-3-15(4-6-16)22(31)28-13-14-2-1-10-27-12-14/h1-6,9-12H,7-8,13H2,(H,28,31). The number of aryl methyl sites for hydroxylation is 1. The SMILES string of the molecule is O=C(NCc1cccnc1)c1ccc(-n2nc(C(F)(F)F)c3c2-c2ccoc2CC3)cc1. The van der Waals surface area contributed by atoms with Crippen molar-refractivity contribution >= 4 is 5.91 Å². The third-order valence-electron chi connectivity index (χ3n) is 5.40. The lowest BCUT2D eigenvalue weighted by Gasteiger charge is -2.15. The molecule has 3 aromatic heterocycles. The lowest BCUT2D eigenvalue weighted by atomic mass is 9.94. The maximum absolute atomic E-state index is 13.6. The Kier molecular flexibility index (Phi) is 4.80. The van der Waals surface area contributed by atoms with Crippen LogP contribution in [0, 0.1) is 0 Å². The minimum atomic E-state index is -4.57. The van der Waals surface area contributed by atoms with Crippen LogP contribution in [0.25, 0.3) is 16.9 Å². The van der Waals surface area contributed by atoms with Crippen molar-refractivity contribution in [3.05, 3.63) is 89.3 Å². The molecule has 5 rings (SSSR count). The van der Waals surface area contributed by atoms with Crippen molar-refractivity contribution in [2.75, 3.05) is 0 Å². The van der Waals surface area contributed by atoms with Gasteiger partial charge in [-0.15, -0.1) is 0 Å². The third kappa shape index (κ3) is 3.55. The van der Waals surface area contributed by atoms with Crippen LogP contribution in [0.4, 0.5) is 13.2 Å². The molecule has 1 N–H and O–H groups in total. The number of benzene rings is 1. The van der Waals surface area contributed by atoms with Gasteiger partial charge in [0, 0.05) is 42.0 Å². The first-order valence-electron chi connectivity index (χ1n) is 9.95. The monoisotopic (exact) mass is 438 g/mol. The van der Waals surface area contributed by atoms with Gasteiger partial charge in [0.15, 0.2) is 5.69 Å². The van der Waals surface area contributed by atoms with Crippen LogP contribution in [-0.2, 0) is 25.6 Å². The van der Waals surface area contributed by atoms with Crippen LogP contribution in [-0.4, -0.2) is 20.7 Å². The fourth-order valence-corrected chi connectivity index (χ4v) is 3.90. The van der Waals surface area contributed by atoms with Gasteiger partial charge in [-0.05, 0) is 48.4 Å². The number of alkyl halides is 3. The summed E-state index contributed by atoms with van der Waals surface area (Å²) in [6, 6.07) is 11.6. The van der Waals surface area contributed by atoms with E-state index in [0.29, 0.717) is 41.2 Å². The number of hydrogen-bond donors (Lipinski definition) is 1. The van der Waals surface area contributed by atoms with E-state index in [-0.39, 0.29) is 17.9 Å². The number of nitrogens with zero attached hydrogens (tertiary/aromatic N) is 3. The molecule has 1 amide bonds. The summed E-state index contributed by atoms with van der Waals surface area (Å²) < 4.78 is 47.6. The van der Waals surface area contributed by atoms with Crippen molar-refractivity contribution in [1.29, 1.82) is 0 Å². The Bertz CT molecular complexity index is 1280. The normalized spacial score (nSPS) is 12.8. The zero-order valence-corrected chi connectivity index (χ0v) is 16.7. The summed E-state index contributed by atoms with van der Waals surface area (Å²) in [4.78, 5) is 16.4. The Balaban J connectivity index is 1.46. The lowest BCUT2D eigenvalue weighted by Crippen LogP contribution is -2.22. The first-order chi connectivity index (χ1) is 15.4. The Morgan fingerprint density at radius 1 is 1.12 bits per heavy atom. The highest BCUT2D eigenvalue weighted by Crippen LogP contribution is 2.42. The van der Waals surface area contributed by atoms with Crippen LogP contribution in [0.1, 0.15) is 32.9 Å². The number of carbonyl (C=O) groups is 1. The zero-order valence-electron chi connectivity index (χ0n) is 16.7. The second-order valence-corrected chi connectivity index (χ2v) is 7.43. The van der Waals surface area contributed by atoms with Crippen LogP contribution in [0.15, 0.2) is 65.5 Å². The Hall–Kier alpha value is -3.88. The van der Waals surface area contributed by atoms with Crippen LogP contribution >= 0.6 is 0 Å². The van der Waals surface area contributed by atoms with E-state index in [9.17, 15) is 18.0 Å². The fraction of sp³-hybridized carbons (Fsp3) is 0.174. The number of pyridine rings is 1. The number of nitrogens with one attached hydrogen (secondary N) is 1. The van der Waals surface area contributed by atoms with E-state index in [1.165, 1.54) is 10.9 Å². The van der Waals surface area contributed by atoms with Crippen molar-refractivity contribution in [2.45, 2.75) is 25.6 Å². The molecule has 0 atom stereocenters. The summed E-state index contributed by atoms with van der Waals surface area (Å²) in [6.07, 6.45) is 0.795. The largest absolute Gasteiger partial charge is 0.469 e. The van der Waals surface area contributed by atoms with E-state index >= 15 is 0 Å². The van der Waals surface area contributed by atoms with E-state index in [0.717, 1.165) is 5.56 Å². The number of furan rings is 1. The van der Waals surface area contributed by atoms with E-state index in [1.807, 2.05) is 6.07 Å². The van der Waals surface area contributed by atoms with Gasteiger partial charge in [0.2, 0.25) is 0 Å². The average molecular weight is 438 g/mol. The van der Waals surface area contributed by atoms with Crippen molar-refractivity contribution in [1.82, 2.24) is 20.1 Å². The van der Waals surface area contributed by atoms with E-state index in [2.05, 4.69) is 15.4 Å². The molecule has 0 radical (unpaired) electrons. The first kappa shape index (κ1) is 20.0. The molecule has 162 valence electrons. The fourth-order valence-electron chi connectivity index (χ4n) is 3.90. The van der Waals surface area contributed by atoms with Crippen LogP contribution < -0.4 is 5.32 Å². The molecule has 0 bridgehead atoms. The molecule has 9 heteroatoms. The molecule has 3 heterocycles. The van der Waals surface area contributed by atoms with Crippen LogP contribution in [0.2, 0.25) is 0 Å². The van der Waals surface area contributed by atoms with Gasteiger partial charge in [-0.2, -0.15) is 18.3 Å². The number of aromatic nitrogens is 3. The summed E-state index contributed by atoms with van der Waals surface area (Å²) in [7, 11) is 0. The molecular weight excluding hydrogens is 421 g/mol. The smallest absolute Gasteiger partial charge is 0.435 e. The quantitative estimate of drug-likeness (QED) is 0.507. The molecule has 0 fully saturated rings. The number of fused-ring (bicyclic) bond motifs is 3. The van der Waals surface area contributed by atoms with Crippen molar-refractivity contribution in [3.63, 3.8) is 0 Å². The molecule has 0 aliphatic heterocycles. The second-order valence-electron chi connectivity index (χ2n) is 7.43. The van der Waals surface area contributed by atoms with Gasteiger partial charge >= 0.3 is 6.18 Å². The molecule has 1 aliphatic carbocycles. The Labute approximate surface area is 180 Å². The molecule has 6 nitrogen and oxygen atoms in total. The van der Waals surface area contributed by atoms with Gasteiger partial charge in [-0.25, -0.2) is 4.68 Å². The molecule has 32 heavy (non-hydrogen) atoms. The summed E-state index contributed by atoms with van der Waals surface area (Å²) in [5.74, 6) is 0.342. The second kappa shape index (κ2) is 7.67. The van der Waals surface area contributed by atoms with Gasteiger partial charge in [0.1, 0.15) is 5.76 Å². The first-order valence-corrected chi connectivity index (χ1v) is 9.95. The molecule has 0 unspecified atom stereocenters. The summed E-state index contributed by atoms with van der Waals surface area (Å²) in [5.41, 5.74) is 1.92. The van der Waals surface area contributed by atoms with Gasteiger partial charge < -0.3 is 9.73 Å². The van der Waals surface area contributed by atoms with Crippen molar-refractivity contribution in [3.8, 4) is 16.9 Å². The van der Waals surface area contributed by atoms with Crippen molar-refractivity contribution < 1.29 is 22.4 Å². The number of amides is 1. The molecule has 0 spiro atoms. The summed E-state index contributed by atoms with van der Waals surface area (Å²) in [5, 5.41) is 6.70. The number of halogens is 3. The third-order valence-corrected chi connectivity index (χ3v) is 5.40. The van der Waals surface area contributed by atoms with Gasteiger partial charge in [0.05, 0.1) is 17.6 Å². The number of carbonyl (C=O) groups excluding carboxylic acids is 1. The maximum atomic E-state index is 13.6. The minimum absolute atomic E-state index is 0.157. The zero-order chi connectivity index (χ0) is 22.3. The Morgan fingerprint density at radius 2 is 1.94 bits per heavy atom. The highest BCUT2D eigenvalue weighted by molar-refractivity contribution is 5.94. The molecular formula is C23H17F3N4O2. The Morgan fingerprint density at radius 3 is 2.66 bits per heavy atom. The minimum Gasteiger partial charge on any atom is -0.469 e. The lowest BCUT2D eigenvalue weighted by molar-refractivity contribution is -0.142. The van der Waals surface area contributed by atoms with Crippen molar-refractivity contribution in [2.24, 2.45) is 0 Å². The van der Waals surface area contributed by atoms with Gasteiger partial charge in [0.25, 0.3) is 5.91 Å². The predicted octanol–water partition coefficient (Wildman–Crippen LogP) is 4.57. The number of hydrogen-bond acceptors (Lipinski definition) is 4. The summed E-state index contributed by atoms with van der Waals surface area (Å²) >= 11 is 0. The molecule has 0 saturated heterocycles. The van der Waals surface area contributed by atoms with Crippen LogP contribution in [0.3, 0.4) is 0 Å². The van der Waals surface area contributed by atoms with Crippen LogP contribution in [0.5, 0.6) is 0 Å². The van der Waals surface area contributed by atoms with E-state index < -0.39 is 11.9 Å². The highest BCUT2D eigenvalue weighted by atomic mass is 19.4.